The molecule has 2 saturated heterocycles. The number of hydrogen-bond acceptors (Lipinski definition) is 7. The van der Waals surface area contributed by atoms with Crippen LogP contribution in [0.1, 0.15) is 53.4 Å². The third-order valence-electron chi connectivity index (χ3n) is 6.69. The Morgan fingerprint density at radius 3 is 2.56 bits per heavy atom. The first kappa shape index (κ1) is 23.2. The Hall–Kier alpha value is -2.01. The average Bonchev–Trinajstić information content (AvgIpc) is 2.99. The van der Waals surface area contributed by atoms with Gasteiger partial charge in [0.1, 0.15) is 5.65 Å². The fraction of sp³-hybridized carbons (Fsp3) is 0.682. The van der Waals surface area contributed by atoms with Crippen LogP contribution in [-0.4, -0.2) is 51.9 Å². The molecule has 0 radical (unpaired) electrons. The summed E-state index contributed by atoms with van der Waals surface area (Å²) >= 11 is 0. The van der Waals surface area contributed by atoms with Crippen LogP contribution in [0.3, 0.4) is 0 Å². The van der Waals surface area contributed by atoms with Gasteiger partial charge in [0.2, 0.25) is 0 Å². The summed E-state index contributed by atoms with van der Waals surface area (Å²) in [4.78, 5) is 30.4. The van der Waals surface area contributed by atoms with Crippen LogP contribution in [0.15, 0.2) is 21.9 Å². The van der Waals surface area contributed by atoms with Crippen LogP contribution in [0, 0.1) is 0 Å². The summed E-state index contributed by atoms with van der Waals surface area (Å²) in [6, 6.07) is 1.72. The van der Waals surface area contributed by atoms with Crippen LogP contribution in [0.25, 0.3) is 11.0 Å². The number of aryl methyl sites for hydroxylation is 1. The highest BCUT2D eigenvalue weighted by molar-refractivity contribution is 6.62. The van der Waals surface area contributed by atoms with Gasteiger partial charge in [-0.25, -0.2) is 9.78 Å². The molecule has 2 aliphatic rings. The summed E-state index contributed by atoms with van der Waals surface area (Å²) in [7, 11) is 0.986. The van der Waals surface area contributed by atoms with E-state index in [9.17, 15) is 9.59 Å². The highest BCUT2D eigenvalue weighted by atomic mass is 16.7. The van der Waals surface area contributed by atoms with Crippen LogP contribution in [0.5, 0.6) is 0 Å². The van der Waals surface area contributed by atoms with Gasteiger partial charge in [0.15, 0.2) is 6.29 Å². The van der Waals surface area contributed by atoms with Gasteiger partial charge in [0.05, 0.1) is 23.2 Å². The predicted molar refractivity (Wildman–Crippen MR) is 121 cm³/mol. The summed E-state index contributed by atoms with van der Waals surface area (Å²) in [5.74, 6) is 0. The van der Waals surface area contributed by atoms with E-state index in [-0.39, 0.29) is 18.4 Å². The molecule has 2 fully saturated rings. The molecule has 0 amide bonds. The van der Waals surface area contributed by atoms with Gasteiger partial charge in [-0.2, -0.15) is 0 Å². The lowest BCUT2D eigenvalue weighted by molar-refractivity contribution is -0.163. The molecule has 9 nitrogen and oxygen atoms in total. The van der Waals surface area contributed by atoms with Gasteiger partial charge in [-0.3, -0.25) is 13.9 Å². The molecule has 4 rings (SSSR count). The van der Waals surface area contributed by atoms with Crippen molar-refractivity contribution in [1.82, 2.24) is 14.1 Å². The van der Waals surface area contributed by atoms with Gasteiger partial charge in [0.25, 0.3) is 5.56 Å². The second-order valence-corrected chi connectivity index (χ2v) is 9.55. The van der Waals surface area contributed by atoms with Gasteiger partial charge in [-0.15, -0.1) is 0 Å². The summed E-state index contributed by atoms with van der Waals surface area (Å²) < 4.78 is 26.1. The lowest BCUT2D eigenvalue weighted by Gasteiger charge is -2.32. The second kappa shape index (κ2) is 8.74. The maximum atomic E-state index is 13.2. The summed E-state index contributed by atoms with van der Waals surface area (Å²) in [6.07, 6.45) is 4.98. The number of fused-ring (bicyclic) bond motifs is 1. The molecule has 0 aliphatic carbocycles. The Balaban J connectivity index is 1.56. The molecule has 174 valence electrons. The van der Waals surface area contributed by atoms with Crippen molar-refractivity contribution in [2.24, 2.45) is 7.05 Å². The van der Waals surface area contributed by atoms with Crippen molar-refractivity contribution < 1.29 is 18.8 Å². The second-order valence-electron chi connectivity index (χ2n) is 9.55. The van der Waals surface area contributed by atoms with Crippen LogP contribution >= 0.6 is 0 Å². The first-order valence-corrected chi connectivity index (χ1v) is 11.3. The molecule has 2 aliphatic heterocycles. The smallest absolute Gasteiger partial charge is 0.399 e. The van der Waals surface area contributed by atoms with Crippen LogP contribution in [0.4, 0.5) is 0 Å². The zero-order valence-electron chi connectivity index (χ0n) is 19.6. The van der Waals surface area contributed by atoms with Crippen molar-refractivity contribution >= 4 is 23.6 Å². The van der Waals surface area contributed by atoms with E-state index in [2.05, 4.69) is 4.98 Å². The van der Waals surface area contributed by atoms with Gasteiger partial charge in [-0.05, 0) is 59.4 Å². The minimum absolute atomic E-state index is 0.188. The van der Waals surface area contributed by atoms with E-state index in [4.69, 9.17) is 18.8 Å². The Morgan fingerprint density at radius 1 is 1.19 bits per heavy atom. The lowest BCUT2D eigenvalue weighted by atomic mass is 9.80. The number of aromatic nitrogens is 3. The van der Waals surface area contributed by atoms with E-state index < -0.39 is 24.0 Å². The fourth-order valence-corrected chi connectivity index (χ4v) is 3.99. The highest BCUT2D eigenvalue weighted by Gasteiger charge is 2.51. The largest absolute Gasteiger partial charge is 0.496 e. The third-order valence-corrected chi connectivity index (χ3v) is 6.69. The lowest BCUT2D eigenvalue weighted by Crippen LogP contribution is -2.41. The van der Waals surface area contributed by atoms with Crippen LogP contribution in [-0.2, 0) is 32.4 Å². The van der Waals surface area contributed by atoms with E-state index >= 15 is 0 Å². The van der Waals surface area contributed by atoms with E-state index in [0.29, 0.717) is 36.1 Å². The number of nitrogens with zero attached hydrogens (tertiary/aromatic N) is 3. The van der Waals surface area contributed by atoms with E-state index in [1.54, 1.807) is 19.3 Å². The Bertz CT molecular complexity index is 1090. The van der Waals surface area contributed by atoms with Gasteiger partial charge >= 0.3 is 12.8 Å². The zero-order valence-corrected chi connectivity index (χ0v) is 19.6. The minimum Gasteiger partial charge on any atom is -0.399 e. The monoisotopic (exact) mass is 445 g/mol. The SMILES string of the molecule is Cn1c(=O)n(CCCOC2CCCCO2)c(=O)c2cc(B3OC(C)(C)C(C)(C)O3)cnc21. The summed E-state index contributed by atoms with van der Waals surface area (Å²) in [5.41, 5.74) is -0.786. The third kappa shape index (κ3) is 4.29. The van der Waals surface area contributed by atoms with E-state index in [0.717, 1.165) is 19.3 Å². The summed E-state index contributed by atoms with van der Waals surface area (Å²) in [5, 5.41) is 0.357. The molecule has 2 aromatic rings. The molecule has 1 unspecified atom stereocenters. The van der Waals surface area contributed by atoms with Crippen molar-refractivity contribution in [3.8, 4) is 0 Å². The van der Waals surface area contributed by atoms with E-state index in [1.807, 2.05) is 27.7 Å². The molecular weight excluding hydrogens is 413 g/mol. The Morgan fingerprint density at radius 2 is 1.91 bits per heavy atom. The maximum Gasteiger partial charge on any atom is 0.496 e. The molecule has 0 N–H and O–H groups in total. The molecule has 10 heteroatoms. The van der Waals surface area contributed by atoms with Crippen molar-refractivity contribution in [2.75, 3.05) is 13.2 Å². The number of hydrogen-bond donors (Lipinski definition) is 0. The molecule has 1 atom stereocenters. The topological polar surface area (TPSA) is 93.8 Å². The molecule has 2 aromatic heterocycles. The van der Waals surface area contributed by atoms with Crippen LogP contribution < -0.4 is 16.7 Å². The quantitative estimate of drug-likeness (QED) is 0.489. The number of rotatable bonds is 6. The first-order chi connectivity index (χ1) is 15.1. The van der Waals surface area contributed by atoms with Gasteiger partial charge in [0, 0.05) is 31.9 Å². The molecular formula is C22H32BN3O6. The fourth-order valence-electron chi connectivity index (χ4n) is 3.99. The minimum atomic E-state index is -0.633. The number of pyridine rings is 1. The average molecular weight is 445 g/mol. The predicted octanol–water partition coefficient (Wildman–Crippen LogP) is 1.33. The highest BCUT2D eigenvalue weighted by Crippen LogP contribution is 2.36. The van der Waals surface area contributed by atoms with Crippen molar-refractivity contribution in [3.05, 3.63) is 33.1 Å². The van der Waals surface area contributed by atoms with Crippen molar-refractivity contribution in [1.29, 1.82) is 0 Å². The molecule has 4 heterocycles. The van der Waals surface area contributed by atoms with Gasteiger partial charge in [-0.1, -0.05) is 0 Å². The van der Waals surface area contributed by atoms with Crippen molar-refractivity contribution in [3.63, 3.8) is 0 Å². The standard InChI is InChI=1S/C22H32BN3O6/c1-21(2)22(3,4)32-23(31-21)15-13-16-18(24-14-15)25(5)20(28)26(19(16)27)10-8-12-30-17-9-6-7-11-29-17/h13-14,17H,6-12H2,1-5H3. The Kier molecular flexibility index (Phi) is 6.33. The maximum absolute atomic E-state index is 13.2. The van der Waals surface area contributed by atoms with Crippen LogP contribution in [0.2, 0.25) is 0 Å². The Labute approximate surface area is 187 Å². The zero-order chi connectivity index (χ0) is 23.1. The molecule has 0 aromatic carbocycles. The van der Waals surface area contributed by atoms with Crippen molar-refractivity contribution in [2.45, 2.75) is 77.4 Å². The molecule has 0 bridgehead atoms. The summed E-state index contributed by atoms with van der Waals surface area (Å²) in [6.45, 7) is 9.28. The normalized spacial score (nSPS) is 22.5. The molecule has 0 saturated carbocycles. The van der Waals surface area contributed by atoms with E-state index in [1.165, 1.54) is 9.13 Å². The first-order valence-electron chi connectivity index (χ1n) is 11.3. The molecule has 32 heavy (non-hydrogen) atoms. The number of ether oxygens (including phenoxy) is 2. The molecule has 0 spiro atoms. The van der Waals surface area contributed by atoms with Gasteiger partial charge < -0.3 is 18.8 Å².